The van der Waals surface area contributed by atoms with Crippen molar-refractivity contribution < 1.29 is 14.3 Å². The summed E-state index contributed by atoms with van der Waals surface area (Å²) in [7, 11) is 0. The molecule has 1 N–H and O–H groups in total. The van der Waals surface area contributed by atoms with Crippen LogP contribution in [-0.2, 0) is 20.7 Å². The van der Waals surface area contributed by atoms with Gasteiger partial charge < -0.3 is 10.1 Å². The normalized spacial score (nSPS) is 43.9. The number of carbonyl (C=O) groups excluding carboxylic acids is 2. The molecule has 1 aromatic rings. The van der Waals surface area contributed by atoms with Crippen LogP contribution in [0.5, 0.6) is 0 Å². The van der Waals surface area contributed by atoms with E-state index in [1.54, 1.807) is 6.92 Å². The minimum Gasteiger partial charge on any atom is -0.462 e. The zero-order valence-corrected chi connectivity index (χ0v) is 28.6. The lowest BCUT2D eigenvalue weighted by Gasteiger charge is -2.72. The van der Waals surface area contributed by atoms with E-state index >= 15 is 0 Å². The van der Waals surface area contributed by atoms with Crippen LogP contribution in [-0.4, -0.2) is 29.5 Å². The molecule has 0 radical (unpaired) electrons. The molecule has 1 aromatic heterocycles. The number of allylic oxidation sites excluding steroid dienone is 1. The van der Waals surface area contributed by atoms with Gasteiger partial charge in [-0.15, -0.1) is 0 Å². The maximum atomic E-state index is 14.3. The first-order valence-corrected chi connectivity index (χ1v) is 17.7. The quantitative estimate of drug-likeness (QED) is 0.263. The van der Waals surface area contributed by atoms with Crippen LogP contribution in [0, 0.1) is 56.7 Å². The van der Waals surface area contributed by atoms with Crippen LogP contribution in [0.25, 0.3) is 0 Å². The number of aromatic nitrogens is 1. The van der Waals surface area contributed by atoms with Crippen molar-refractivity contribution in [2.24, 2.45) is 56.7 Å². The molecule has 6 rings (SSSR count). The lowest BCUT2D eigenvalue weighted by atomic mass is 9.32. The molecule has 10 atom stereocenters. The highest BCUT2D eigenvalue weighted by Gasteiger charge is 2.72. The van der Waals surface area contributed by atoms with Crippen molar-refractivity contribution >= 4 is 11.9 Å². The molecule has 242 valence electrons. The second kappa shape index (κ2) is 11.0. The Morgan fingerprint density at radius 3 is 2.30 bits per heavy atom. The Labute approximate surface area is 266 Å². The standard InChI is InChI=1S/C39H58N2O3/c1-25(2)28-11-19-39(34(43)41-24-16-27-14-22-40-23-15-27)21-20-37(7)29(33(28)39)9-10-31-36(6)17-13-32(44-26(3)42)35(4,5)30(36)12-18-38(31,37)8/h14-15,22-23,28-33H,1,9-13,16-21,24H2,2-8H3,(H,41,43)/t28-,29+,30?,31?,32-,33?,36-,37+,38+,39-/m0/s1. The third-order valence-electron chi connectivity index (χ3n) is 15.2. The Kier molecular flexibility index (Phi) is 7.93. The molecule has 0 spiro atoms. The Hall–Kier alpha value is -2.17. The lowest BCUT2D eigenvalue weighted by Crippen LogP contribution is -2.67. The van der Waals surface area contributed by atoms with Gasteiger partial charge in [0.15, 0.2) is 0 Å². The van der Waals surface area contributed by atoms with Gasteiger partial charge in [0, 0.05) is 31.3 Å². The molecular formula is C39H58N2O3. The molecule has 0 saturated heterocycles. The number of rotatable bonds is 6. The first-order chi connectivity index (χ1) is 20.7. The predicted octanol–water partition coefficient (Wildman–Crippen LogP) is 8.33. The zero-order chi connectivity index (χ0) is 31.7. The Morgan fingerprint density at radius 1 is 0.886 bits per heavy atom. The Morgan fingerprint density at radius 2 is 1.61 bits per heavy atom. The molecule has 5 fully saturated rings. The van der Waals surface area contributed by atoms with Gasteiger partial charge in [-0.3, -0.25) is 14.6 Å². The van der Waals surface area contributed by atoms with Crippen LogP contribution in [0.3, 0.4) is 0 Å². The zero-order valence-electron chi connectivity index (χ0n) is 28.6. The van der Waals surface area contributed by atoms with Crippen molar-refractivity contribution in [1.82, 2.24) is 10.3 Å². The monoisotopic (exact) mass is 602 g/mol. The summed E-state index contributed by atoms with van der Waals surface area (Å²) in [6, 6.07) is 4.09. The SMILES string of the molecule is C=C(C)[C@@H]1CC[C@]2(C(=O)NCCc3ccncc3)CC[C@]3(C)[C@H](CCC4[C@@]5(C)CC[C@H](OC(C)=O)C(C)(C)C5CC[C@]43C)C12. The van der Waals surface area contributed by atoms with Gasteiger partial charge in [-0.25, -0.2) is 0 Å². The highest BCUT2D eigenvalue weighted by Crippen LogP contribution is 2.77. The smallest absolute Gasteiger partial charge is 0.302 e. The van der Waals surface area contributed by atoms with E-state index < -0.39 is 0 Å². The molecule has 5 aliphatic carbocycles. The van der Waals surface area contributed by atoms with Gasteiger partial charge >= 0.3 is 5.97 Å². The molecule has 0 aromatic carbocycles. The third-order valence-corrected chi connectivity index (χ3v) is 15.2. The number of amides is 1. The van der Waals surface area contributed by atoms with Crippen LogP contribution < -0.4 is 5.32 Å². The van der Waals surface area contributed by atoms with Gasteiger partial charge in [0.2, 0.25) is 5.91 Å². The molecule has 5 saturated carbocycles. The summed E-state index contributed by atoms with van der Waals surface area (Å²) >= 11 is 0. The van der Waals surface area contributed by atoms with Crippen LogP contribution in [0.15, 0.2) is 36.7 Å². The van der Waals surface area contributed by atoms with Crippen molar-refractivity contribution in [3.63, 3.8) is 0 Å². The Bertz CT molecular complexity index is 1290. The second-order valence-corrected chi connectivity index (χ2v) is 17.2. The van der Waals surface area contributed by atoms with Gasteiger partial charge in [-0.05, 0) is 141 Å². The third kappa shape index (κ3) is 4.55. The second-order valence-electron chi connectivity index (χ2n) is 17.2. The summed E-state index contributed by atoms with van der Waals surface area (Å²) in [5.41, 5.74) is 2.87. The van der Waals surface area contributed by atoms with E-state index in [2.05, 4.69) is 58.4 Å². The van der Waals surface area contributed by atoms with Gasteiger partial charge in [-0.2, -0.15) is 0 Å². The predicted molar refractivity (Wildman–Crippen MR) is 175 cm³/mol. The number of nitrogens with one attached hydrogen (secondary N) is 1. The molecule has 0 aliphatic heterocycles. The van der Waals surface area contributed by atoms with Gasteiger partial charge in [0.05, 0.1) is 5.41 Å². The number of fused-ring (bicyclic) bond motifs is 7. The van der Waals surface area contributed by atoms with E-state index in [0.717, 1.165) is 44.9 Å². The first-order valence-electron chi connectivity index (χ1n) is 17.7. The summed E-state index contributed by atoms with van der Waals surface area (Å²) in [6.45, 7) is 21.6. The molecule has 5 nitrogen and oxygen atoms in total. The summed E-state index contributed by atoms with van der Waals surface area (Å²) in [6.07, 6.45) is 15.7. The lowest BCUT2D eigenvalue weighted by molar-refractivity contribution is -0.248. The first kappa shape index (κ1) is 31.8. The molecule has 1 heterocycles. The van der Waals surface area contributed by atoms with Crippen molar-refractivity contribution in [2.45, 2.75) is 125 Å². The van der Waals surface area contributed by atoms with E-state index in [0.29, 0.717) is 42.0 Å². The van der Waals surface area contributed by atoms with E-state index in [-0.39, 0.29) is 39.1 Å². The summed E-state index contributed by atoms with van der Waals surface area (Å²) in [5.74, 6) is 2.70. The minimum absolute atomic E-state index is 0.0107. The van der Waals surface area contributed by atoms with E-state index in [9.17, 15) is 9.59 Å². The van der Waals surface area contributed by atoms with Crippen LogP contribution in [0.2, 0.25) is 0 Å². The summed E-state index contributed by atoms with van der Waals surface area (Å²) in [5, 5.41) is 3.44. The molecular weight excluding hydrogens is 544 g/mol. The molecule has 5 heteroatoms. The van der Waals surface area contributed by atoms with Gasteiger partial charge in [-0.1, -0.05) is 46.8 Å². The molecule has 0 bridgehead atoms. The van der Waals surface area contributed by atoms with Crippen molar-refractivity contribution in [1.29, 1.82) is 0 Å². The minimum atomic E-state index is -0.277. The highest BCUT2D eigenvalue weighted by molar-refractivity contribution is 5.84. The fraction of sp³-hybridized carbons (Fsp3) is 0.769. The maximum absolute atomic E-state index is 14.3. The van der Waals surface area contributed by atoms with Crippen molar-refractivity contribution in [3.05, 3.63) is 42.2 Å². The molecule has 5 aliphatic rings. The largest absolute Gasteiger partial charge is 0.462 e. The van der Waals surface area contributed by atoms with Crippen LogP contribution in [0.4, 0.5) is 0 Å². The Balaban J connectivity index is 1.28. The average Bonchev–Trinajstić information content (AvgIpc) is 3.37. The van der Waals surface area contributed by atoms with Gasteiger partial charge in [0.25, 0.3) is 0 Å². The van der Waals surface area contributed by atoms with Crippen LogP contribution >= 0.6 is 0 Å². The van der Waals surface area contributed by atoms with Gasteiger partial charge in [0.1, 0.15) is 6.10 Å². The molecule has 1 amide bonds. The summed E-state index contributed by atoms with van der Waals surface area (Å²) in [4.78, 5) is 30.5. The number of hydrogen-bond acceptors (Lipinski definition) is 4. The summed E-state index contributed by atoms with van der Waals surface area (Å²) < 4.78 is 5.95. The molecule has 3 unspecified atom stereocenters. The van der Waals surface area contributed by atoms with Crippen molar-refractivity contribution in [2.75, 3.05) is 6.54 Å². The fourth-order valence-electron chi connectivity index (χ4n) is 13.0. The van der Waals surface area contributed by atoms with E-state index in [4.69, 9.17) is 4.74 Å². The highest BCUT2D eigenvalue weighted by atomic mass is 16.5. The van der Waals surface area contributed by atoms with E-state index in [1.807, 2.05) is 24.5 Å². The fourth-order valence-corrected chi connectivity index (χ4v) is 13.0. The van der Waals surface area contributed by atoms with E-state index in [1.165, 1.54) is 36.8 Å². The number of carbonyl (C=O) groups is 2. The number of ether oxygens (including phenoxy) is 1. The molecule has 44 heavy (non-hydrogen) atoms. The maximum Gasteiger partial charge on any atom is 0.302 e. The number of hydrogen-bond donors (Lipinski definition) is 1. The topological polar surface area (TPSA) is 68.3 Å². The number of pyridine rings is 1. The van der Waals surface area contributed by atoms with Crippen LogP contribution in [0.1, 0.15) is 118 Å². The van der Waals surface area contributed by atoms with Crippen molar-refractivity contribution in [3.8, 4) is 0 Å². The number of nitrogens with zero attached hydrogens (tertiary/aromatic N) is 1. The average molecular weight is 603 g/mol. The number of esters is 1.